The van der Waals surface area contributed by atoms with Crippen LogP contribution in [0.3, 0.4) is 0 Å². The van der Waals surface area contributed by atoms with E-state index in [4.69, 9.17) is 9.97 Å². The number of hydrogen-bond donors (Lipinski definition) is 0. The molecule has 0 aliphatic heterocycles. The van der Waals surface area contributed by atoms with Crippen molar-refractivity contribution in [3.63, 3.8) is 0 Å². The lowest BCUT2D eigenvalue weighted by Crippen LogP contribution is -2.15. The van der Waals surface area contributed by atoms with Crippen LogP contribution in [0.2, 0.25) is 0 Å². The summed E-state index contributed by atoms with van der Waals surface area (Å²) in [5, 5.41) is 9.51. The quantitative estimate of drug-likeness (QED) is 0.160. The van der Waals surface area contributed by atoms with E-state index in [1.807, 2.05) is 0 Å². The zero-order chi connectivity index (χ0) is 62.3. The average molecular weight is 1200 g/mol. The van der Waals surface area contributed by atoms with Gasteiger partial charge in [-0.2, -0.15) is 4.98 Å². The fourth-order valence-electron chi connectivity index (χ4n) is 16.7. The van der Waals surface area contributed by atoms with Crippen LogP contribution in [0, 0.1) is 0 Å². The van der Waals surface area contributed by atoms with Gasteiger partial charge >= 0.3 is 0 Å². The summed E-state index contributed by atoms with van der Waals surface area (Å²) in [6.07, 6.45) is 0. The van der Waals surface area contributed by atoms with Crippen molar-refractivity contribution in [1.82, 2.24) is 28.2 Å². The number of benzene rings is 13. The van der Waals surface area contributed by atoms with E-state index in [-0.39, 0.29) is 10.8 Å². The fourth-order valence-corrected chi connectivity index (χ4v) is 16.7. The van der Waals surface area contributed by atoms with Crippen LogP contribution >= 0.6 is 0 Å². The Labute approximate surface area is 543 Å². The molecule has 0 unspecified atom stereocenters. The Hall–Kier alpha value is -11.9. The third-order valence-electron chi connectivity index (χ3n) is 21.2. The summed E-state index contributed by atoms with van der Waals surface area (Å²) in [6.45, 7) is 9.44. The van der Waals surface area contributed by atoms with Gasteiger partial charge in [0.2, 0.25) is 5.95 Å². The van der Waals surface area contributed by atoms with E-state index >= 15 is 0 Å². The molecule has 20 rings (SSSR count). The normalized spacial score (nSPS) is 13.7. The smallest absolute Gasteiger partial charge is 0.237 e. The van der Waals surface area contributed by atoms with Crippen LogP contribution in [0.5, 0.6) is 0 Å². The molecule has 0 bridgehead atoms. The van der Waals surface area contributed by atoms with E-state index in [1.54, 1.807) is 0 Å². The highest BCUT2D eigenvalue weighted by Gasteiger charge is 2.37. The molecule has 0 N–H and O–H groups in total. The molecule has 18 aromatic rings. The van der Waals surface area contributed by atoms with Gasteiger partial charge in [0.15, 0.2) is 0 Å². The van der Waals surface area contributed by atoms with Crippen molar-refractivity contribution < 1.29 is 0 Å². The molecule has 6 heteroatoms. The van der Waals surface area contributed by atoms with E-state index in [1.165, 1.54) is 105 Å². The van der Waals surface area contributed by atoms with Gasteiger partial charge in [0.1, 0.15) is 5.82 Å². The molecule has 2 aliphatic carbocycles. The number of aromatic nitrogens is 6. The van der Waals surface area contributed by atoms with Crippen molar-refractivity contribution >= 4 is 87.2 Å². The molecule has 0 spiro atoms. The highest BCUT2D eigenvalue weighted by Crippen LogP contribution is 2.52. The lowest BCUT2D eigenvalue weighted by molar-refractivity contribution is 0.660. The summed E-state index contributed by atoms with van der Waals surface area (Å²) in [4.78, 5) is 11.2. The number of fused-ring (bicyclic) bond motifs is 18. The molecule has 5 heterocycles. The SMILES string of the molecule is CC1(C)c2ccccc2-c2ccc(-n3c4ccccc4c4cc(-c5ccc6c(c5)c5ccccc5n6-c5cc(-c6ccccc6)nc(-n6c7ccccc7c7cc(-c8ccc9c(c8)c8ccccc8n9-c8ccc9c(c8)C(C)(C)c8ccccc8-9)ccc76)n5)ccc43)cc21. The molecule has 0 atom stereocenters. The molecule has 0 saturated carbocycles. The number of hydrogen-bond acceptors (Lipinski definition) is 2. The van der Waals surface area contributed by atoms with Crippen LogP contribution in [0.25, 0.3) is 166 Å². The van der Waals surface area contributed by atoms with Crippen molar-refractivity contribution in [2.24, 2.45) is 0 Å². The van der Waals surface area contributed by atoms with Crippen LogP contribution in [-0.2, 0) is 10.8 Å². The van der Waals surface area contributed by atoms with Gasteiger partial charge in [-0.15, -0.1) is 0 Å². The lowest BCUT2D eigenvalue weighted by Gasteiger charge is -2.22. The highest BCUT2D eigenvalue weighted by molar-refractivity contribution is 6.15. The number of para-hydroxylation sites is 4. The lowest BCUT2D eigenvalue weighted by atomic mass is 9.82. The standard InChI is InChI=1S/C88H60N6/c1-87(2)72-28-14-8-22-60(72)62-40-38-58(50-74(62)87)91-77-30-16-10-24-64(77)68-46-54(34-42-81(68)91)56-36-44-83-70(48-56)66-26-12-18-32-79(66)93(83)85-52-76(53-20-6-5-7-21-53)89-86(90-85)94-80-33-19-13-27-67(80)71-49-57(37-45-84(71)94)55-35-43-82-69(47-55)65-25-11-17-31-78(65)92(82)59-39-41-63-61-23-9-15-29-73(61)88(3,4)75(63)51-59/h5-52H,1-4H3. The first-order chi connectivity index (χ1) is 46.1. The molecule has 0 amide bonds. The Balaban J connectivity index is 0.704. The second kappa shape index (κ2) is 19.3. The molecule has 442 valence electrons. The second-order valence-electron chi connectivity index (χ2n) is 26.9. The summed E-state index contributed by atoms with van der Waals surface area (Å²) in [5.41, 5.74) is 28.5. The van der Waals surface area contributed by atoms with Crippen LogP contribution in [0.1, 0.15) is 49.9 Å². The third-order valence-corrected chi connectivity index (χ3v) is 21.2. The van der Waals surface area contributed by atoms with Gasteiger partial charge in [-0.3, -0.25) is 9.13 Å². The Morgan fingerprint density at radius 1 is 0.234 bits per heavy atom. The zero-order valence-corrected chi connectivity index (χ0v) is 52.4. The molecule has 0 radical (unpaired) electrons. The van der Waals surface area contributed by atoms with Crippen LogP contribution < -0.4 is 0 Å². The van der Waals surface area contributed by atoms with Gasteiger partial charge in [-0.05, 0) is 164 Å². The van der Waals surface area contributed by atoms with Crippen molar-refractivity contribution in [1.29, 1.82) is 0 Å². The van der Waals surface area contributed by atoms with Crippen molar-refractivity contribution in [3.8, 4) is 78.9 Å². The highest BCUT2D eigenvalue weighted by atomic mass is 15.2. The van der Waals surface area contributed by atoms with Gasteiger partial charge < -0.3 is 9.13 Å². The maximum atomic E-state index is 5.67. The van der Waals surface area contributed by atoms with Gasteiger partial charge in [-0.25, -0.2) is 4.98 Å². The first kappa shape index (κ1) is 52.9. The first-order valence-electron chi connectivity index (χ1n) is 32.7. The second-order valence-corrected chi connectivity index (χ2v) is 26.9. The van der Waals surface area contributed by atoms with E-state index < -0.39 is 0 Å². The van der Waals surface area contributed by atoms with Crippen molar-refractivity contribution in [2.45, 2.75) is 38.5 Å². The molecular weight excluding hydrogens is 1140 g/mol. The van der Waals surface area contributed by atoms with Gasteiger partial charge in [-0.1, -0.05) is 216 Å². The Bertz CT molecular complexity index is 5940. The van der Waals surface area contributed by atoms with E-state index in [0.717, 1.165) is 77.4 Å². The summed E-state index contributed by atoms with van der Waals surface area (Å²) in [6, 6.07) is 108. The number of nitrogens with zero attached hydrogens (tertiary/aromatic N) is 6. The van der Waals surface area contributed by atoms with E-state index in [9.17, 15) is 0 Å². The van der Waals surface area contributed by atoms with Gasteiger partial charge in [0.25, 0.3) is 0 Å². The average Bonchev–Trinajstić information content (AvgIpc) is 1.58. The predicted molar refractivity (Wildman–Crippen MR) is 391 cm³/mol. The minimum atomic E-state index is -0.102. The summed E-state index contributed by atoms with van der Waals surface area (Å²) in [7, 11) is 0. The zero-order valence-electron chi connectivity index (χ0n) is 52.4. The van der Waals surface area contributed by atoms with Gasteiger partial charge in [0.05, 0.1) is 49.8 Å². The molecule has 13 aromatic carbocycles. The minimum Gasteiger partial charge on any atom is -0.309 e. The maximum absolute atomic E-state index is 5.67. The maximum Gasteiger partial charge on any atom is 0.237 e. The third kappa shape index (κ3) is 7.42. The summed E-state index contributed by atoms with van der Waals surface area (Å²) < 4.78 is 9.51. The Morgan fingerprint density at radius 2 is 0.574 bits per heavy atom. The number of rotatable bonds is 7. The molecule has 6 nitrogen and oxygen atoms in total. The predicted octanol–water partition coefficient (Wildman–Crippen LogP) is 22.5. The monoisotopic (exact) mass is 1200 g/mol. The van der Waals surface area contributed by atoms with E-state index in [2.05, 4.69) is 337 Å². The molecular formula is C88H60N6. The minimum absolute atomic E-state index is 0.102. The molecule has 0 saturated heterocycles. The molecule has 94 heavy (non-hydrogen) atoms. The van der Waals surface area contributed by atoms with Crippen molar-refractivity contribution in [2.75, 3.05) is 0 Å². The molecule has 5 aromatic heterocycles. The van der Waals surface area contributed by atoms with Gasteiger partial charge in [0, 0.05) is 76.9 Å². The van der Waals surface area contributed by atoms with E-state index in [0.29, 0.717) is 5.95 Å². The Kier molecular flexibility index (Phi) is 10.9. The first-order valence-corrected chi connectivity index (χ1v) is 32.7. The largest absolute Gasteiger partial charge is 0.309 e. The van der Waals surface area contributed by atoms with Crippen LogP contribution in [-0.4, -0.2) is 28.2 Å². The van der Waals surface area contributed by atoms with Crippen molar-refractivity contribution in [3.05, 3.63) is 313 Å². The Morgan fingerprint density at radius 3 is 1.02 bits per heavy atom. The summed E-state index contributed by atoms with van der Waals surface area (Å²) in [5.74, 6) is 1.40. The van der Waals surface area contributed by atoms with Crippen LogP contribution in [0.15, 0.2) is 291 Å². The topological polar surface area (TPSA) is 45.5 Å². The molecule has 0 fully saturated rings. The van der Waals surface area contributed by atoms with Crippen LogP contribution in [0.4, 0.5) is 0 Å². The molecule has 2 aliphatic rings. The summed E-state index contributed by atoms with van der Waals surface area (Å²) >= 11 is 0. The fraction of sp³-hybridized carbons (Fsp3) is 0.0682.